The number of carbonyl (C=O) groups is 2. The zero-order valence-corrected chi connectivity index (χ0v) is 6.88. The standard InChI is InChI=1S/C9H14O2/c1-9(11)7-5-3-2-4-6-8-10/h4,6,8H,2-3,5,7H2,1H3/b6-4+. The van der Waals surface area contributed by atoms with Gasteiger partial charge >= 0.3 is 0 Å². The quantitative estimate of drug-likeness (QED) is 0.332. The normalized spacial score (nSPS) is 10.3. The Hall–Kier alpha value is -0.920. The first-order valence-corrected chi connectivity index (χ1v) is 3.87. The Morgan fingerprint density at radius 2 is 2.09 bits per heavy atom. The van der Waals surface area contributed by atoms with E-state index in [1.165, 1.54) is 6.08 Å². The smallest absolute Gasteiger partial charge is 0.142 e. The van der Waals surface area contributed by atoms with Crippen LogP contribution in [0.1, 0.15) is 32.6 Å². The van der Waals surface area contributed by atoms with Crippen molar-refractivity contribution in [3.05, 3.63) is 12.2 Å². The molecular formula is C9H14O2. The fourth-order valence-electron chi connectivity index (χ4n) is 0.788. The van der Waals surface area contributed by atoms with Gasteiger partial charge < -0.3 is 4.79 Å². The fraction of sp³-hybridized carbons (Fsp3) is 0.556. The molecule has 11 heavy (non-hydrogen) atoms. The first kappa shape index (κ1) is 10.1. The Kier molecular flexibility index (Phi) is 6.59. The number of rotatable bonds is 6. The number of carbonyl (C=O) groups excluding carboxylic acids is 2. The highest BCUT2D eigenvalue weighted by molar-refractivity contribution is 5.75. The molecule has 0 fully saturated rings. The lowest BCUT2D eigenvalue weighted by Gasteiger charge is -1.92. The van der Waals surface area contributed by atoms with E-state index in [2.05, 4.69) is 0 Å². The molecule has 0 atom stereocenters. The van der Waals surface area contributed by atoms with Gasteiger partial charge in [0.25, 0.3) is 0 Å². The molecule has 2 heteroatoms. The number of allylic oxidation sites excluding steroid dienone is 2. The van der Waals surface area contributed by atoms with E-state index in [0.717, 1.165) is 25.5 Å². The van der Waals surface area contributed by atoms with Crippen LogP contribution >= 0.6 is 0 Å². The largest absolute Gasteiger partial charge is 0.300 e. The second kappa shape index (κ2) is 7.19. The van der Waals surface area contributed by atoms with Crippen LogP contribution in [0.3, 0.4) is 0 Å². The molecule has 0 aromatic carbocycles. The summed E-state index contributed by atoms with van der Waals surface area (Å²) in [5, 5.41) is 0. The van der Waals surface area contributed by atoms with E-state index in [-0.39, 0.29) is 5.78 Å². The van der Waals surface area contributed by atoms with Crippen LogP contribution in [0.15, 0.2) is 12.2 Å². The molecule has 0 saturated carbocycles. The maximum atomic E-state index is 10.5. The van der Waals surface area contributed by atoms with Crippen LogP contribution in [0.5, 0.6) is 0 Å². The number of hydrogen-bond acceptors (Lipinski definition) is 2. The van der Waals surface area contributed by atoms with Crippen molar-refractivity contribution in [2.24, 2.45) is 0 Å². The number of ketones is 1. The van der Waals surface area contributed by atoms with Crippen LogP contribution < -0.4 is 0 Å². The van der Waals surface area contributed by atoms with Gasteiger partial charge in [0.2, 0.25) is 0 Å². The van der Waals surface area contributed by atoms with Crippen LogP contribution in [0, 0.1) is 0 Å². The van der Waals surface area contributed by atoms with E-state index >= 15 is 0 Å². The van der Waals surface area contributed by atoms with Crippen LogP contribution in [-0.2, 0) is 9.59 Å². The minimum Gasteiger partial charge on any atom is -0.300 e. The van der Waals surface area contributed by atoms with Crippen molar-refractivity contribution in [1.82, 2.24) is 0 Å². The summed E-state index contributed by atoms with van der Waals surface area (Å²) in [7, 11) is 0. The SMILES string of the molecule is CC(=O)CCCC/C=C/C=O. The summed E-state index contributed by atoms with van der Waals surface area (Å²) in [6.07, 6.45) is 7.56. The van der Waals surface area contributed by atoms with E-state index in [1.54, 1.807) is 6.92 Å². The third kappa shape index (κ3) is 9.08. The van der Waals surface area contributed by atoms with E-state index in [9.17, 15) is 9.59 Å². The topological polar surface area (TPSA) is 34.1 Å². The van der Waals surface area contributed by atoms with Crippen LogP contribution in [0.4, 0.5) is 0 Å². The van der Waals surface area contributed by atoms with Gasteiger partial charge in [0, 0.05) is 6.42 Å². The number of unbranched alkanes of at least 4 members (excludes halogenated alkanes) is 2. The van der Waals surface area contributed by atoms with Crippen molar-refractivity contribution in [3.63, 3.8) is 0 Å². The highest BCUT2D eigenvalue weighted by Gasteiger charge is 1.90. The Balaban J connectivity index is 3.08. The van der Waals surface area contributed by atoms with Crippen molar-refractivity contribution in [3.8, 4) is 0 Å². The highest BCUT2D eigenvalue weighted by atomic mass is 16.1. The van der Waals surface area contributed by atoms with Gasteiger partial charge in [-0.2, -0.15) is 0 Å². The number of hydrogen-bond donors (Lipinski definition) is 0. The average molecular weight is 154 g/mol. The highest BCUT2D eigenvalue weighted by Crippen LogP contribution is 2.00. The molecule has 0 aliphatic carbocycles. The number of aldehydes is 1. The van der Waals surface area contributed by atoms with Crippen molar-refractivity contribution < 1.29 is 9.59 Å². The van der Waals surface area contributed by atoms with Crippen LogP contribution in [0.25, 0.3) is 0 Å². The van der Waals surface area contributed by atoms with E-state index in [4.69, 9.17) is 0 Å². The van der Waals surface area contributed by atoms with E-state index in [1.807, 2.05) is 6.08 Å². The third-order valence-electron chi connectivity index (χ3n) is 1.36. The Bertz CT molecular complexity index is 148. The first-order chi connectivity index (χ1) is 5.27. The molecule has 0 aliphatic heterocycles. The second-order valence-electron chi connectivity index (χ2n) is 2.51. The summed E-state index contributed by atoms with van der Waals surface area (Å²) in [5.41, 5.74) is 0. The molecular weight excluding hydrogens is 140 g/mol. The monoisotopic (exact) mass is 154 g/mol. The molecule has 0 amide bonds. The molecule has 0 bridgehead atoms. The maximum Gasteiger partial charge on any atom is 0.142 e. The molecule has 0 unspecified atom stereocenters. The van der Waals surface area contributed by atoms with E-state index < -0.39 is 0 Å². The van der Waals surface area contributed by atoms with Gasteiger partial charge in [0.05, 0.1) is 0 Å². The molecule has 0 saturated heterocycles. The Morgan fingerprint density at radius 1 is 1.36 bits per heavy atom. The molecule has 0 spiro atoms. The summed E-state index contributed by atoms with van der Waals surface area (Å²) in [4.78, 5) is 20.3. The van der Waals surface area contributed by atoms with E-state index in [0.29, 0.717) is 6.42 Å². The Morgan fingerprint density at radius 3 is 2.64 bits per heavy atom. The molecule has 0 aromatic heterocycles. The molecule has 62 valence electrons. The zero-order valence-electron chi connectivity index (χ0n) is 6.88. The minimum absolute atomic E-state index is 0.240. The van der Waals surface area contributed by atoms with Gasteiger partial charge in [-0.25, -0.2) is 0 Å². The van der Waals surface area contributed by atoms with Crippen LogP contribution in [-0.4, -0.2) is 12.1 Å². The molecule has 0 N–H and O–H groups in total. The molecule has 0 heterocycles. The minimum atomic E-state index is 0.240. The predicted octanol–water partition coefficient (Wildman–Crippen LogP) is 1.89. The summed E-state index contributed by atoms with van der Waals surface area (Å²) < 4.78 is 0. The summed E-state index contributed by atoms with van der Waals surface area (Å²) >= 11 is 0. The summed E-state index contributed by atoms with van der Waals surface area (Å²) in [5.74, 6) is 0.240. The fourth-order valence-corrected chi connectivity index (χ4v) is 0.788. The lowest BCUT2D eigenvalue weighted by molar-refractivity contribution is -0.117. The summed E-state index contributed by atoms with van der Waals surface area (Å²) in [6.45, 7) is 1.60. The van der Waals surface area contributed by atoms with Crippen molar-refractivity contribution in [1.29, 1.82) is 0 Å². The first-order valence-electron chi connectivity index (χ1n) is 3.87. The molecule has 0 aromatic rings. The zero-order chi connectivity index (χ0) is 8.53. The van der Waals surface area contributed by atoms with Crippen molar-refractivity contribution in [2.75, 3.05) is 0 Å². The molecule has 2 nitrogen and oxygen atoms in total. The lowest BCUT2D eigenvalue weighted by Crippen LogP contribution is -1.88. The van der Waals surface area contributed by atoms with Gasteiger partial charge in [-0.05, 0) is 32.3 Å². The van der Waals surface area contributed by atoms with Gasteiger partial charge in [-0.15, -0.1) is 0 Å². The molecule has 0 radical (unpaired) electrons. The second-order valence-corrected chi connectivity index (χ2v) is 2.51. The van der Waals surface area contributed by atoms with Crippen molar-refractivity contribution in [2.45, 2.75) is 32.6 Å². The molecule has 0 aliphatic rings. The Labute approximate surface area is 67.3 Å². The van der Waals surface area contributed by atoms with Gasteiger partial charge in [-0.3, -0.25) is 4.79 Å². The van der Waals surface area contributed by atoms with Gasteiger partial charge in [-0.1, -0.05) is 6.08 Å². The van der Waals surface area contributed by atoms with Crippen molar-refractivity contribution >= 4 is 12.1 Å². The lowest BCUT2D eigenvalue weighted by atomic mass is 10.1. The third-order valence-corrected chi connectivity index (χ3v) is 1.36. The summed E-state index contributed by atoms with van der Waals surface area (Å²) in [6, 6.07) is 0. The maximum absolute atomic E-state index is 10.5. The van der Waals surface area contributed by atoms with Gasteiger partial charge in [0.15, 0.2) is 0 Å². The average Bonchev–Trinajstić information content (AvgIpc) is 1.96. The number of Topliss-reactive ketones (excluding diaryl/α,β-unsaturated/α-hetero) is 1. The van der Waals surface area contributed by atoms with Crippen LogP contribution in [0.2, 0.25) is 0 Å². The predicted molar refractivity (Wildman–Crippen MR) is 44.4 cm³/mol. The molecule has 0 rings (SSSR count). The van der Waals surface area contributed by atoms with Gasteiger partial charge in [0.1, 0.15) is 12.1 Å².